The highest BCUT2D eigenvalue weighted by atomic mass is 32.1. The summed E-state index contributed by atoms with van der Waals surface area (Å²) < 4.78 is 16.5. The Bertz CT molecular complexity index is 648. The second-order valence-electron chi connectivity index (χ2n) is 6.61. The lowest BCUT2D eigenvalue weighted by Gasteiger charge is -2.20. The molecule has 1 aromatic rings. The first-order valence-electron chi connectivity index (χ1n) is 8.13. The topological polar surface area (TPSA) is 101 Å². The highest BCUT2D eigenvalue weighted by Crippen LogP contribution is 2.52. The molecule has 2 aliphatic heterocycles. The number of thiazole rings is 1. The zero-order valence-electron chi connectivity index (χ0n) is 13.9. The van der Waals surface area contributed by atoms with Gasteiger partial charge in [0, 0.05) is 24.8 Å². The standard InChI is InChI=1S/C16H22N2O5S/c1-3-4-5-21-7-10-6-16(12(19)22-10)9-15(2,23-13(16)20)11-8-24-14(17)18-11/h8,10H,3-7,9H2,1-2H3,(H2,17,18)/t10-,15+,16-/m0/s1. The third-order valence-electron chi connectivity index (χ3n) is 4.60. The quantitative estimate of drug-likeness (QED) is 0.474. The van der Waals surface area contributed by atoms with Crippen molar-refractivity contribution in [2.45, 2.75) is 51.2 Å². The van der Waals surface area contributed by atoms with Crippen LogP contribution in [0, 0.1) is 5.41 Å². The second-order valence-corrected chi connectivity index (χ2v) is 7.50. The van der Waals surface area contributed by atoms with Gasteiger partial charge in [0.1, 0.15) is 6.10 Å². The van der Waals surface area contributed by atoms with Gasteiger partial charge in [0.15, 0.2) is 16.1 Å². The first kappa shape index (κ1) is 17.2. The minimum Gasteiger partial charge on any atom is -0.459 e. The number of aromatic nitrogens is 1. The Balaban J connectivity index is 1.71. The fourth-order valence-corrected chi connectivity index (χ4v) is 3.99. The zero-order valence-corrected chi connectivity index (χ0v) is 14.7. The number of nitrogen functional groups attached to an aromatic ring is 1. The number of carbonyl (C=O) groups excluding carboxylic acids is 2. The SMILES string of the molecule is CCCCOC[C@@H]1C[C@]2(C[C@](C)(c3csc(N)n3)OC2=O)C(=O)O1. The maximum absolute atomic E-state index is 12.5. The van der Waals surface area contributed by atoms with Crippen LogP contribution in [-0.4, -0.2) is 36.2 Å². The van der Waals surface area contributed by atoms with Gasteiger partial charge in [-0.15, -0.1) is 11.3 Å². The minimum absolute atomic E-state index is 0.215. The van der Waals surface area contributed by atoms with Gasteiger partial charge in [-0.1, -0.05) is 13.3 Å². The molecule has 8 heteroatoms. The molecule has 2 saturated heterocycles. The lowest BCUT2D eigenvalue weighted by Crippen LogP contribution is -2.32. The van der Waals surface area contributed by atoms with Crippen LogP contribution in [0.15, 0.2) is 5.38 Å². The van der Waals surface area contributed by atoms with Crippen molar-refractivity contribution in [3.8, 4) is 0 Å². The van der Waals surface area contributed by atoms with E-state index in [0.717, 1.165) is 12.8 Å². The van der Waals surface area contributed by atoms with Crippen LogP contribution in [0.4, 0.5) is 5.13 Å². The third-order valence-corrected chi connectivity index (χ3v) is 5.27. The molecule has 0 amide bonds. The number of esters is 2. The molecule has 1 aromatic heterocycles. The number of rotatable bonds is 6. The van der Waals surface area contributed by atoms with Gasteiger partial charge in [-0.25, -0.2) is 4.98 Å². The summed E-state index contributed by atoms with van der Waals surface area (Å²) in [6, 6.07) is 0. The lowest BCUT2D eigenvalue weighted by atomic mass is 9.78. The largest absolute Gasteiger partial charge is 0.459 e. The average Bonchev–Trinajstić information content (AvgIpc) is 3.16. The molecular weight excluding hydrogens is 332 g/mol. The summed E-state index contributed by atoms with van der Waals surface area (Å²) >= 11 is 1.28. The van der Waals surface area contributed by atoms with Crippen LogP contribution in [-0.2, 0) is 29.4 Å². The Hall–Kier alpha value is -1.67. The van der Waals surface area contributed by atoms with E-state index in [0.29, 0.717) is 24.0 Å². The molecule has 3 heterocycles. The van der Waals surface area contributed by atoms with Gasteiger partial charge in [0.05, 0.1) is 12.3 Å². The Morgan fingerprint density at radius 3 is 2.92 bits per heavy atom. The van der Waals surface area contributed by atoms with E-state index >= 15 is 0 Å². The summed E-state index contributed by atoms with van der Waals surface area (Å²) in [6.07, 6.45) is 2.08. The summed E-state index contributed by atoms with van der Waals surface area (Å²) in [5.41, 5.74) is 4.03. The molecule has 132 valence electrons. The van der Waals surface area contributed by atoms with Crippen molar-refractivity contribution in [3.63, 3.8) is 0 Å². The lowest BCUT2D eigenvalue weighted by molar-refractivity contribution is -0.160. The number of nitrogens with two attached hydrogens (primary N) is 1. The first-order valence-corrected chi connectivity index (χ1v) is 9.01. The van der Waals surface area contributed by atoms with E-state index in [1.54, 1.807) is 12.3 Å². The molecule has 3 rings (SSSR count). The number of anilines is 1. The number of unbranched alkanes of at least 4 members (excludes halogenated alkanes) is 1. The van der Waals surface area contributed by atoms with Crippen LogP contribution in [0.2, 0.25) is 0 Å². The monoisotopic (exact) mass is 354 g/mol. The smallest absolute Gasteiger partial charge is 0.324 e. The molecule has 0 aliphatic carbocycles. The Kier molecular flexibility index (Phi) is 4.52. The Morgan fingerprint density at radius 2 is 2.25 bits per heavy atom. The molecule has 3 atom stereocenters. The highest BCUT2D eigenvalue weighted by molar-refractivity contribution is 7.13. The first-order chi connectivity index (χ1) is 11.4. The summed E-state index contributed by atoms with van der Waals surface area (Å²) in [4.78, 5) is 29.1. The number of ether oxygens (including phenoxy) is 3. The molecule has 0 aromatic carbocycles. The van der Waals surface area contributed by atoms with Gasteiger partial charge in [-0.3, -0.25) is 9.59 Å². The van der Waals surface area contributed by atoms with Crippen LogP contribution in [0.25, 0.3) is 0 Å². The van der Waals surface area contributed by atoms with Crippen molar-refractivity contribution in [2.24, 2.45) is 5.41 Å². The zero-order chi connectivity index (χ0) is 17.4. The summed E-state index contributed by atoms with van der Waals surface area (Å²) in [6.45, 7) is 4.76. The summed E-state index contributed by atoms with van der Waals surface area (Å²) in [5.74, 6) is -1.07. The van der Waals surface area contributed by atoms with Gasteiger partial charge in [0.25, 0.3) is 0 Å². The van der Waals surface area contributed by atoms with Crippen LogP contribution in [0.3, 0.4) is 0 Å². The molecule has 2 aliphatic rings. The summed E-state index contributed by atoms with van der Waals surface area (Å²) in [5, 5.41) is 2.16. The molecule has 2 fully saturated rings. The van der Waals surface area contributed by atoms with Crippen LogP contribution >= 0.6 is 11.3 Å². The molecule has 0 saturated carbocycles. The minimum atomic E-state index is -1.26. The second kappa shape index (κ2) is 6.33. The Morgan fingerprint density at radius 1 is 1.46 bits per heavy atom. The van der Waals surface area contributed by atoms with Crippen molar-refractivity contribution in [1.82, 2.24) is 4.98 Å². The maximum Gasteiger partial charge on any atom is 0.324 e. The number of hydrogen-bond donors (Lipinski definition) is 1. The van der Waals surface area contributed by atoms with Crippen molar-refractivity contribution < 1.29 is 23.8 Å². The number of carbonyl (C=O) groups is 2. The predicted octanol–water partition coefficient (Wildman–Crippen LogP) is 2.01. The van der Waals surface area contributed by atoms with E-state index in [1.807, 2.05) is 0 Å². The summed E-state index contributed by atoms with van der Waals surface area (Å²) in [7, 11) is 0. The Labute approximate surface area is 144 Å². The van der Waals surface area contributed by atoms with Crippen molar-refractivity contribution >= 4 is 28.4 Å². The number of cyclic esters (lactones) is 2. The van der Waals surface area contributed by atoms with E-state index in [2.05, 4.69) is 11.9 Å². The van der Waals surface area contributed by atoms with Gasteiger partial charge >= 0.3 is 11.9 Å². The molecule has 0 unspecified atom stereocenters. The van der Waals surface area contributed by atoms with Gasteiger partial charge in [0.2, 0.25) is 0 Å². The molecule has 1 spiro atoms. The third kappa shape index (κ3) is 2.88. The van der Waals surface area contributed by atoms with E-state index in [-0.39, 0.29) is 12.8 Å². The van der Waals surface area contributed by atoms with E-state index in [1.165, 1.54) is 11.3 Å². The fourth-order valence-electron chi connectivity index (χ4n) is 3.30. The molecule has 24 heavy (non-hydrogen) atoms. The number of nitrogens with zero attached hydrogens (tertiary/aromatic N) is 1. The van der Waals surface area contributed by atoms with Crippen molar-refractivity contribution in [2.75, 3.05) is 18.9 Å². The van der Waals surface area contributed by atoms with Crippen molar-refractivity contribution in [3.05, 3.63) is 11.1 Å². The maximum atomic E-state index is 12.5. The van der Waals surface area contributed by atoms with E-state index < -0.39 is 29.1 Å². The fraction of sp³-hybridized carbons (Fsp3) is 0.688. The van der Waals surface area contributed by atoms with Gasteiger partial charge in [-0.2, -0.15) is 0 Å². The van der Waals surface area contributed by atoms with Crippen LogP contribution in [0.5, 0.6) is 0 Å². The van der Waals surface area contributed by atoms with Crippen LogP contribution in [0.1, 0.15) is 45.2 Å². The molecule has 7 nitrogen and oxygen atoms in total. The average molecular weight is 354 g/mol. The van der Waals surface area contributed by atoms with E-state index in [4.69, 9.17) is 19.9 Å². The normalized spacial score (nSPS) is 32.3. The van der Waals surface area contributed by atoms with Crippen molar-refractivity contribution in [1.29, 1.82) is 0 Å². The highest BCUT2D eigenvalue weighted by Gasteiger charge is 2.65. The molecule has 0 bridgehead atoms. The van der Waals surface area contributed by atoms with Crippen LogP contribution < -0.4 is 5.73 Å². The number of hydrogen-bond acceptors (Lipinski definition) is 8. The van der Waals surface area contributed by atoms with Gasteiger partial charge in [-0.05, 0) is 13.3 Å². The molecule has 0 radical (unpaired) electrons. The molecular formula is C16H22N2O5S. The predicted molar refractivity (Wildman–Crippen MR) is 87.2 cm³/mol. The van der Waals surface area contributed by atoms with Gasteiger partial charge < -0.3 is 19.9 Å². The van der Waals surface area contributed by atoms with E-state index in [9.17, 15) is 9.59 Å². The molecule has 2 N–H and O–H groups in total.